The summed E-state index contributed by atoms with van der Waals surface area (Å²) in [4.78, 5) is 4.62. The second-order valence-electron chi connectivity index (χ2n) is 5.43. The molecule has 2 rings (SSSR count). The summed E-state index contributed by atoms with van der Waals surface area (Å²) in [6, 6.07) is 0.494. The minimum Gasteiger partial charge on any atom is -0.310 e. The van der Waals surface area contributed by atoms with Gasteiger partial charge >= 0.3 is 0 Å². The van der Waals surface area contributed by atoms with Crippen LogP contribution in [0.25, 0.3) is 0 Å². The highest BCUT2D eigenvalue weighted by molar-refractivity contribution is 7.09. The van der Waals surface area contributed by atoms with E-state index in [4.69, 9.17) is 0 Å². The van der Waals surface area contributed by atoms with Crippen LogP contribution >= 0.6 is 11.3 Å². The van der Waals surface area contributed by atoms with Gasteiger partial charge in [0.1, 0.15) is 0 Å². The number of allylic oxidation sites excluding steroid dienone is 1. The molecule has 0 saturated carbocycles. The molecule has 0 saturated heterocycles. The maximum atomic E-state index is 4.62. The molecular formula is C16H26N2S. The zero-order chi connectivity index (χ0) is 13.5. The lowest BCUT2D eigenvalue weighted by atomic mass is 9.93. The fraction of sp³-hybridized carbons (Fsp3) is 0.688. The molecule has 0 aromatic carbocycles. The highest BCUT2D eigenvalue weighted by Gasteiger charge is 2.16. The molecule has 1 aliphatic carbocycles. The first-order valence-corrected chi connectivity index (χ1v) is 8.51. The van der Waals surface area contributed by atoms with Crippen LogP contribution in [0.15, 0.2) is 17.0 Å². The van der Waals surface area contributed by atoms with E-state index in [9.17, 15) is 0 Å². The van der Waals surface area contributed by atoms with Gasteiger partial charge in [-0.15, -0.1) is 11.3 Å². The molecule has 19 heavy (non-hydrogen) atoms. The number of nitrogens with one attached hydrogen (secondary N) is 1. The van der Waals surface area contributed by atoms with Crippen LogP contribution in [0.4, 0.5) is 0 Å². The molecule has 0 spiro atoms. The van der Waals surface area contributed by atoms with Crippen molar-refractivity contribution in [1.82, 2.24) is 10.3 Å². The van der Waals surface area contributed by atoms with Gasteiger partial charge in [0.2, 0.25) is 0 Å². The summed E-state index contributed by atoms with van der Waals surface area (Å²) in [6.07, 6.45) is 11.6. The maximum absolute atomic E-state index is 4.62. The average Bonchev–Trinajstić information content (AvgIpc) is 2.74. The van der Waals surface area contributed by atoms with E-state index in [2.05, 4.69) is 35.6 Å². The number of aryl methyl sites for hydroxylation is 1. The monoisotopic (exact) mass is 278 g/mol. The van der Waals surface area contributed by atoms with Crippen LogP contribution in [-0.4, -0.2) is 17.6 Å². The SMILES string of the molecule is CCNC(Cc1nc(C)cs1)C1=CCCCCCC1. The number of rotatable bonds is 5. The standard InChI is InChI=1S/C16H26N2S/c1-3-17-15(11-16-18-13(2)12-19-16)14-9-7-5-4-6-8-10-14/h9,12,15,17H,3-8,10-11H2,1-2H3. The van der Waals surface area contributed by atoms with Gasteiger partial charge in [-0.3, -0.25) is 0 Å². The zero-order valence-corrected chi connectivity index (χ0v) is 13.1. The predicted octanol–water partition coefficient (Wildman–Crippen LogP) is 4.25. The summed E-state index contributed by atoms with van der Waals surface area (Å²) in [5.41, 5.74) is 2.77. The number of thiazole rings is 1. The first kappa shape index (κ1) is 14.7. The van der Waals surface area contributed by atoms with Crippen LogP contribution in [0.1, 0.15) is 56.2 Å². The Kier molecular flexibility index (Phi) is 6.05. The molecule has 0 amide bonds. The fourth-order valence-corrected chi connectivity index (χ4v) is 3.60. The van der Waals surface area contributed by atoms with Gasteiger partial charge in [0.15, 0.2) is 0 Å². The van der Waals surface area contributed by atoms with E-state index in [0.29, 0.717) is 6.04 Å². The van der Waals surface area contributed by atoms with Gasteiger partial charge < -0.3 is 5.32 Å². The van der Waals surface area contributed by atoms with Crippen molar-refractivity contribution in [3.8, 4) is 0 Å². The molecule has 1 unspecified atom stereocenters. The minimum absolute atomic E-state index is 0.494. The third-order valence-corrected chi connectivity index (χ3v) is 4.76. The number of hydrogen-bond acceptors (Lipinski definition) is 3. The molecule has 1 aliphatic rings. The van der Waals surface area contributed by atoms with Gasteiger partial charge in [-0.05, 0) is 39.2 Å². The maximum Gasteiger partial charge on any atom is 0.0946 e. The zero-order valence-electron chi connectivity index (χ0n) is 12.2. The van der Waals surface area contributed by atoms with E-state index in [1.165, 1.54) is 43.5 Å². The summed E-state index contributed by atoms with van der Waals surface area (Å²) in [6.45, 7) is 5.31. The van der Waals surface area contributed by atoms with E-state index < -0.39 is 0 Å². The molecule has 106 valence electrons. The van der Waals surface area contributed by atoms with Gasteiger partial charge in [0, 0.05) is 23.5 Å². The molecule has 1 atom stereocenters. The number of aromatic nitrogens is 1. The van der Waals surface area contributed by atoms with Crippen molar-refractivity contribution in [2.24, 2.45) is 0 Å². The van der Waals surface area contributed by atoms with E-state index in [1.54, 1.807) is 16.9 Å². The van der Waals surface area contributed by atoms with Gasteiger partial charge in [-0.1, -0.05) is 31.4 Å². The third-order valence-electron chi connectivity index (χ3n) is 3.77. The van der Waals surface area contributed by atoms with Crippen LogP contribution in [0.2, 0.25) is 0 Å². The highest BCUT2D eigenvalue weighted by Crippen LogP contribution is 2.22. The second-order valence-corrected chi connectivity index (χ2v) is 6.37. The highest BCUT2D eigenvalue weighted by atomic mass is 32.1. The molecule has 0 fully saturated rings. The molecule has 0 aliphatic heterocycles. The number of hydrogen-bond donors (Lipinski definition) is 1. The largest absolute Gasteiger partial charge is 0.310 e. The van der Waals surface area contributed by atoms with E-state index >= 15 is 0 Å². The summed E-state index contributed by atoms with van der Waals surface area (Å²) < 4.78 is 0. The van der Waals surface area contributed by atoms with Crippen molar-refractivity contribution in [3.63, 3.8) is 0 Å². The molecule has 3 heteroatoms. The van der Waals surface area contributed by atoms with Crippen molar-refractivity contribution in [1.29, 1.82) is 0 Å². The van der Waals surface area contributed by atoms with Crippen LogP contribution < -0.4 is 5.32 Å². The van der Waals surface area contributed by atoms with E-state index in [0.717, 1.165) is 18.7 Å². The van der Waals surface area contributed by atoms with Crippen LogP contribution in [0.3, 0.4) is 0 Å². The molecule has 0 radical (unpaired) electrons. The lowest BCUT2D eigenvalue weighted by Gasteiger charge is -2.22. The minimum atomic E-state index is 0.494. The van der Waals surface area contributed by atoms with Crippen molar-refractivity contribution < 1.29 is 0 Å². The van der Waals surface area contributed by atoms with Crippen LogP contribution in [0, 0.1) is 6.92 Å². The Morgan fingerprint density at radius 2 is 2.16 bits per heavy atom. The van der Waals surface area contributed by atoms with E-state index in [1.807, 2.05) is 0 Å². The quantitative estimate of drug-likeness (QED) is 0.814. The summed E-state index contributed by atoms with van der Waals surface area (Å²) in [7, 11) is 0. The first-order valence-electron chi connectivity index (χ1n) is 7.63. The molecular weight excluding hydrogens is 252 g/mol. The van der Waals surface area contributed by atoms with Crippen molar-refractivity contribution in [2.75, 3.05) is 6.54 Å². The Bertz CT molecular complexity index is 409. The molecule has 1 aromatic rings. The van der Waals surface area contributed by atoms with Gasteiger partial charge in [-0.25, -0.2) is 4.98 Å². The Morgan fingerprint density at radius 3 is 2.89 bits per heavy atom. The topological polar surface area (TPSA) is 24.9 Å². The average molecular weight is 278 g/mol. The van der Waals surface area contributed by atoms with Crippen LogP contribution in [-0.2, 0) is 6.42 Å². The fourth-order valence-electron chi connectivity index (χ4n) is 2.78. The van der Waals surface area contributed by atoms with Gasteiger partial charge in [-0.2, -0.15) is 0 Å². The Labute approximate surface area is 121 Å². The predicted molar refractivity (Wildman–Crippen MR) is 83.8 cm³/mol. The normalized spacial score (nSPS) is 18.5. The lowest BCUT2D eigenvalue weighted by Crippen LogP contribution is -2.33. The van der Waals surface area contributed by atoms with Gasteiger partial charge in [0.05, 0.1) is 5.01 Å². The summed E-state index contributed by atoms with van der Waals surface area (Å²) in [5, 5.41) is 7.08. The molecule has 1 heterocycles. The second kappa shape index (κ2) is 7.81. The molecule has 1 aromatic heterocycles. The van der Waals surface area contributed by atoms with Crippen molar-refractivity contribution in [3.05, 3.63) is 27.7 Å². The lowest BCUT2D eigenvalue weighted by molar-refractivity contribution is 0.535. The smallest absolute Gasteiger partial charge is 0.0946 e. The number of nitrogens with zero attached hydrogens (tertiary/aromatic N) is 1. The Hall–Kier alpha value is -0.670. The van der Waals surface area contributed by atoms with Gasteiger partial charge in [0.25, 0.3) is 0 Å². The Balaban J connectivity index is 2.04. The molecule has 2 nitrogen and oxygen atoms in total. The number of likely N-dealkylation sites (N-methyl/N-ethyl adjacent to an activating group) is 1. The first-order chi connectivity index (χ1) is 9.29. The Morgan fingerprint density at radius 1 is 1.32 bits per heavy atom. The molecule has 1 N–H and O–H groups in total. The van der Waals surface area contributed by atoms with E-state index in [-0.39, 0.29) is 0 Å². The summed E-state index contributed by atoms with van der Waals surface area (Å²) in [5.74, 6) is 0. The molecule has 0 bridgehead atoms. The van der Waals surface area contributed by atoms with Crippen molar-refractivity contribution in [2.45, 2.75) is 64.8 Å². The third kappa shape index (κ3) is 4.73. The summed E-state index contributed by atoms with van der Waals surface area (Å²) >= 11 is 1.80. The van der Waals surface area contributed by atoms with Crippen LogP contribution in [0.5, 0.6) is 0 Å². The van der Waals surface area contributed by atoms with Crippen molar-refractivity contribution >= 4 is 11.3 Å².